The van der Waals surface area contributed by atoms with Gasteiger partial charge in [0, 0.05) is 35.1 Å². The monoisotopic (exact) mass is 408 g/mol. The summed E-state index contributed by atoms with van der Waals surface area (Å²) in [4.78, 5) is 26.1. The molecule has 0 aliphatic carbocycles. The number of nitrogens with zero attached hydrogens (tertiary/aromatic N) is 4. The van der Waals surface area contributed by atoms with Crippen molar-refractivity contribution in [1.82, 2.24) is 14.5 Å². The minimum atomic E-state index is -0.309. The van der Waals surface area contributed by atoms with Crippen LogP contribution in [-0.4, -0.2) is 32.8 Å². The smallest absolute Gasteiger partial charge is 0.305 e. The summed E-state index contributed by atoms with van der Waals surface area (Å²) in [5.74, 6) is 0.558. The third-order valence-electron chi connectivity index (χ3n) is 4.84. The third kappa shape index (κ3) is 3.80. The van der Waals surface area contributed by atoms with Gasteiger partial charge in [-0.15, -0.1) is 0 Å². The number of fused-ring (bicyclic) bond motifs is 3. The molecule has 1 aliphatic heterocycles. The summed E-state index contributed by atoms with van der Waals surface area (Å²) < 4.78 is 7.19. The summed E-state index contributed by atoms with van der Waals surface area (Å²) >= 11 is 6.34. The van der Waals surface area contributed by atoms with E-state index in [0.717, 1.165) is 34.2 Å². The molecule has 3 aromatic rings. The maximum absolute atomic E-state index is 12.0. The van der Waals surface area contributed by atoms with E-state index in [4.69, 9.17) is 21.3 Å². The quantitative estimate of drug-likeness (QED) is 0.584. The highest BCUT2D eigenvalue weighted by atomic mass is 35.5. The first-order valence-corrected chi connectivity index (χ1v) is 9.95. The van der Waals surface area contributed by atoms with Crippen LogP contribution >= 0.6 is 11.6 Å². The number of carbonyl (C=O) groups excluding carboxylic acids is 1. The van der Waals surface area contributed by atoms with Crippen molar-refractivity contribution in [3.63, 3.8) is 0 Å². The zero-order valence-electron chi connectivity index (χ0n) is 16.3. The molecule has 2 aromatic heterocycles. The van der Waals surface area contributed by atoms with Crippen LogP contribution in [0.2, 0.25) is 5.02 Å². The molecule has 0 saturated carbocycles. The minimum absolute atomic E-state index is 0.235. The van der Waals surface area contributed by atoms with E-state index in [0.29, 0.717) is 18.1 Å². The minimum Gasteiger partial charge on any atom is -0.466 e. The third-order valence-corrected chi connectivity index (χ3v) is 5.07. The molecule has 29 heavy (non-hydrogen) atoms. The van der Waals surface area contributed by atoms with Crippen molar-refractivity contribution in [2.24, 2.45) is 4.99 Å². The number of rotatable bonds is 5. The van der Waals surface area contributed by atoms with Gasteiger partial charge in [0.1, 0.15) is 11.9 Å². The Balaban J connectivity index is 1.87. The number of esters is 1. The molecular formula is C22H21ClN4O2. The summed E-state index contributed by atoms with van der Waals surface area (Å²) in [7, 11) is 0. The topological polar surface area (TPSA) is 69.4 Å². The lowest BCUT2D eigenvalue weighted by atomic mass is 10.0. The second kappa shape index (κ2) is 8.17. The Labute approximate surface area is 174 Å². The lowest BCUT2D eigenvalue weighted by Gasteiger charge is -2.14. The molecule has 0 spiro atoms. The molecule has 0 amide bonds. The number of carbonyl (C=O) groups is 1. The number of ether oxygens (including phenoxy) is 1. The highest BCUT2D eigenvalue weighted by molar-refractivity contribution is 6.31. The number of benzene rings is 1. The predicted molar refractivity (Wildman–Crippen MR) is 112 cm³/mol. The fraction of sp³-hybridized carbons (Fsp3) is 0.273. The van der Waals surface area contributed by atoms with Crippen LogP contribution in [0.4, 0.5) is 0 Å². The lowest BCUT2D eigenvalue weighted by Crippen LogP contribution is -2.10. The molecule has 1 atom stereocenters. The average Bonchev–Trinajstić information content (AvgIpc) is 3.03. The Morgan fingerprint density at radius 3 is 2.86 bits per heavy atom. The van der Waals surface area contributed by atoms with Crippen LogP contribution in [0.3, 0.4) is 0 Å². The van der Waals surface area contributed by atoms with E-state index in [1.165, 1.54) is 0 Å². The first kappa shape index (κ1) is 19.3. The van der Waals surface area contributed by atoms with E-state index in [1.54, 1.807) is 13.1 Å². The zero-order chi connectivity index (χ0) is 20.4. The number of pyridine rings is 1. The van der Waals surface area contributed by atoms with E-state index in [1.807, 2.05) is 49.5 Å². The zero-order valence-corrected chi connectivity index (χ0v) is 17.1. The lowest BCUT2D eigenvalue weighted by molar-refractivity contribution is -0.143. The first-order chi connectivity index (χ1) is 14.1. The molecule has 0 radical (unpaired) electrons. The van der Waals surface area contributed by atoms with Crippen LogP contribution in [0.25, 0.3) is 5.69 Å². The van der Waals surface area contributed by atoms with E-state index >= 15 is 0 Å². The molecule has 0 saturated heterocycles. The van der Waals surface area contributed by atoms with Gasteiger partial charge >= 0.3 is 5.97 Å². The van der Waals surface area contributed by atoms with Crippen molar-refractivity contribution in [3.8, 4) is 5.69 Å². The molecule has 0 N–H and O–H groups in total. The van der Waals surface area contributed by atoms with Crippen LogP contribution < -0.4 is 0 Å². The standard InChI is InChI=1S/C22H21ClN4O2/c1-3-29-20(28)10-8-18-22-25-13-14(2)27(22)19-9-7-15(23)12-16(19)21(26-18)17-6-4-5-11-24-17/h4-7,9,11-13,18H,3,8,10H2,1-2H3. The maximum Gasteiger partial charge on any atom is 0.305 e. The van der Waals surface area contributed by atoms with Crippen LogP contribution in [-0.2, 0) is 9.53 Å². The van der Waals surface area contributed by atoms with E-state index < -0.39 is 0 Å². The maximum atomic E-state index is 12.0. The van der Waals surface area contributed by atoms with E-state index in [-0.39, 0.29) is 18.4 Å². The molecular weight excluding hydrogens is 388 g/mol. The normalized spacial score (nSPS) is 15.1. The fourth-order valence-electron chi connectivity index (χ4n) is 3.57. The van der Waals surface area contributed by atoms with Crippen LogP contribution in [0.5, 0.6) is 0 Å². The van der Waals surface area contributed by atoms with E-state index in [9.17, 15) is 4.79 Å². The molecule has 0 bridgehead atoms. The summed E-state index contributed by atoms with van der Waals surface area (Å²) in [5.41, 5.74) is 4.31. The number of halogens is 1. The molecule has 148 valence electrons. The molecule has 3 heterocycles. The van der Waals surface area contributed by atoms with Crippen molar-refractivity contribution in [1.29, 1.82) is 0 Å². The number of aromatic nitrogens is 3. The predicted octanol–water partition coefficient (Wildman–Crippen LogP) is 4.46. The number of aliphatic imine (C=N–C) groups is 1. The Hall–Kier alpha value is -2.99. The van der Waals surface area contributed by atoms with Gasteiger partial charge in [0.15, 0.2) is 0 Å². The van der Waals surface area contributed by atoms with Crippen LogP contribution in [0.15, 0.2) is 53.8 Å². The SMILES string of the molecule is CCOC(=O)CCC1N=C(c2ccccn2)c2cc(Cl)ccc2-n2c(C)cnc21. The molecule has 1 aliphatic rings. The Bertz CT molecular complexity index is 1080. The van der Waals surface area contributed by atoms with Crippen molar-refractivity contribution < 1.29 is 9.53 Å². The Morgan fingerprint density at radius 1 is 1.24 bits per heavy atom. The molecule has 0 fully saturated rings. The van der Waals surface area contributed by atoms with Crippen molar-refractivity contribution >= 4 is 23.3 Å². The number of hydrogen-bond acceptors (Lipinski definition) is 5. The van der Waals surface area contributed by atoms with Crippen molar-refractivity contribution in [2.75, 3.05) is 6.61 Å². The molecule has 7 heteroatoms. The highest BCUT2D eigenvalue weighted by Crippen LogP contribution is 2.34. The summed E-state index contributed by atoms with van der Waals surface area (Å²) in [6.45, 7) is 4.17. The average molecular weight is 409 g/mol. The first-order valence-electron chi connectivity index (χ1n) is 9.58. The molecule has 4 rings (SSSR count). The van der Waals surface area contributed by atoms with Gasteiger partial charge in [0.25, 0.3) is 0 Å². The second-order valence-corrected chi connectivity index (χ2v) is 7.24. The van der Waals surface area contributed by atoms with Gasteiger partial charge in [0.05, 0.1) is 23.7 Å². The van der Waals surface area contributed by atoms with Gasteiger partial charge in [0.2, 0.25) is 0 Å². The van der Waals surface area contributed by atoms with Gasteiger partial charge in [-0.3, -0.25) is 19.3 Å². The number of imidazole rings is 1. The number of aryl methyl sites for hydroxylation is 1. The summed E-state index contributed by atoms with van der Waals surface area (Å²) in [6.07, 6.45) is 4.32. The summed E-state index contributed by atoms with van der Waals surface area (Å²) in [5, 5.41) is 0.622. The highest BCUT2D eigenvalue weighted by Gasteiger charge is 2.28. The van der Waals surface area contributed by atoms with Gasteiger partial charge < -0.3 is 4.74 Å². The van der Waals surface area contributed by atoms with Gasteiger partial charge in [-0.2, -0.15) is 0 Å². The second-order valence-electron chi connectivity index (χ2n) is 6.81. The molecule has 1 aromatic carbocycles. The van der Waals surface area contributed by atoms with Crippen molar-refractivity contribution in [2.45, 2.75) is 32.7 Å². The Morgan fingerprint density at radius 2 is 2.10 bits per heavy atom. The van der Waals surface area contributed by atoms with Crippen LogP contribution in [0, 0.1) is 6.92 Å². The van der Waals surface area contributed by atoms with Crippen molar-refractivity contribution in [3.05, 3.63) is 76.6 Å². The largest absolute Gasteiger partial charge is 0.466 e. The van der Waals surface area contributed by atoms with Gasteiger partial charge in [-0.25, -0.2) is 4.98 Å². The molecule has 1 unspecified atom stereocenters. The van der Waals surface area contributed by atoms with Gasteiger partial charge in [-0.05, 0) is 50.6 Å². The Kier molecular flexibility index (Phi) is 5.45. The molecule has 6 nitrogen and oxygen atoms in total. The van der Waals surface area contributed by atoms with Gasteiger partial charge in [-0.1, -0.05) is 17.7 Å². The number of hydrogen-bond donors (Lipinski definition) is 0. The van der Waals surface area contributed by atoms with Crippen LogP contribution in [0.1, 0.15) is 48.6 Å². The fourth-order valence-corrected chi connectivity index (χ4v) is 3.74. The summed E-state index contributed by atoms with van der Waals surface area (Å²) in [6, 6.07) is 11.1. The van der Waals surface area contributed by atoms with E-state index in [2.05, 4.69) is 14.5 Å².